The second-order valence-corrected chi connectivity index (χ2v) is 7.50. The van der Waals surface area contributed by atoms with Crippen molar-refractivity contribution in [3.63, 3.8) is 0 Å². The third-order valence-electron chi connectivity index (χ3n) is 4.77. The van der Waals surface area contributed by atoms with Crippen LogP contribution in [0.4, 0.5) is 5.69 Å². The molecule has 3 rings (SSSR count). The monoisotopic (exact) mass is 412 g/mol. The summed E-state index contributed by atoms with van der Waals surface area (Å²) in [6.45, 7) is 6.45. The van der Waals surface area contributed by atoms with Crippen molar-refractivity contribution in [2.75, 3.05) is 32.1 Å². The van der Waals surface area contributed by atoms with Crippen LogP contribution in [0.1, 0.15) is 20.8 Å². The fraction of sp³-hybridized carbons (Fsp3) is 0.391. The number of ether oxygens (including phenoxy) is 3. The van der Waals surface area contributed by atoms with E-state index in [-0.39, 0.29) is 30.6 Å². The second kappa shape index (κ2) is 9.63. The lowest BCUT2D eigenvalue weighted by molar-refractivity contribution is -0.145. The van der Waals surface area contributed by atoms with Crippen molar-refractivity contribution in [2.24, 2.45) is 0 Å². The van der Waals surface area contributed by atoms with Crippen molar-refractivity contribution >= 4 is 17.5 Å². The first-order valence-electron chi connectivity index (χ1n) is 9.97. The first-order valence-corrected chi connectivity index (χ1v) is 9.97. The molecule has 1 aliphatic heterocycles. The predicted molar refractivity (Wildman–Crippen MR) is 115 cm³/mol. The quantitative estimate of drug-likeness (QED) is 0.788. The summed E-state index contributed by atoms with van der Waals surface area (Å²) in [5.41, 5.74) is 2.46. The van der Waals surface area contributed by atoms with Crippen LogP contribution < -0.4 is 14.8 Å². The van der Waals surface area contributed by atoms with E-state index < -0.39 is 0 Å². The van der Waals surface area contributed by atoms with Crippen molar-refractivity contribution in [3.05, 3.63) is 42.5 Å². The molecular formula is C23H28N2O5. The zero-order valence-corrected chi connectivity index (χ0v) is 17.8. The van der Waals surface area contributed by atoms with Gasteiger partial charge in [-0.1, -0.05) is 12.1 Å². The summed E-state index contributed by atoms with van der Waals surface area (Å²) in [5, 5.41) is 2.78. The third-order valence-corrected chi connectivity index (χ3v) is 4.77. The van der Waals surface area contributed by atoms with Crippen molar-refractivity contribution in [1.29, 1.82) is 0 Å². The number of hydrogen-bond donors (Lipinski definition) is 1. The molecule has 0 bridgehead atoms. The first kappa shape index (κ1) is 21.6. The molecule has 0 unspecified atom stereocenters. The summed E-state index contributed by atoms with van der Waals surface area (Å²) in [7, 11) is 1.58. The van der Waals surface area contributed by atoms with Crippen LogP contribution in [0.2, 0.25) is 0 Å². The number of rotatable bonds is 6. The molecule has 30 heavy (non-hydrogen) atoms. The topological polar surface area (TPSA) is 77.1 Å². The molecule has 2 atom stereocenters. The van der Waals surface area contributed by atoms with Gasteiger partial charge >= 0.3 is 0 Å². The summed E-state index contributed by atoms with van der Waals surface area (Å²) < 4.78 is 16.9. The highest BCUT2D eigenvalue weighted by Gasteiger charge is 2.26. The third kappa shape index (κ3) is 5.73. The molecule has 0 spiro atoms. The Morgan fingerprint density at radius 2 is 1.77 bits per heavy atom. The number of anilines is 1. The zero-order valence-electron chi connectivity index (χ0n) is 17.8. The van der Waals surface area contributed by atoms with Crippen LogP contribution in [-0.2, 0) is 14.3 Å². The number of amides is 2. The van der Waals surface area contributed by atoms with Crippen LogP contribution >= 0.6 is 0 Å². The van der Waals surface area contributed by atoms with Gasteiger partial charge in [0.25, 0.3) is 5.91 Å². The average Bonchev–Trinajstić information content (AvgIpc) is 2.70. The minimum atomic E-state index is -0.132. The lowest BCUT2D eigenvalue weighted by Gasteiger charge is -2.35. The molecular weight excluding hydrogens is 384 g/mol. The van der Waals surface area contributed by atoms with Gasteiger partial charge in [0.15, 0.2) is 6.61 Å². The van der Waals surface area contributed by atoms with Crippen LogP contribution in [0.5, 0.6) is 11.5 Å². The molecule has 2 aromatic rings. The lowest BCUT2D eigenvalue weighted by atomic mass is 10.0. The highest BCUT2D eigenvalue weighted by molar-refractivity contribution is 5.89. The first-order chi connectivity index (χ1) is 14.3. The minimum absolute atomic E-state index is 0.0111. The van der Waals surface area contributed by atoms with Gasteiger partial charge in [0.05, 0.1) is 19.3 Å². The van der Waals surface area contributed by atoms with Gasteiger partial charge in [0.1, 0.15) is 11.5 Å². The van der Waals surface area contributed by atoms with Gasteiger partial charge in [-0.05, 0) is 49.2 Å². The molecule has 1 saturated heterocycles. The van der Waals surface area contributed by atoms with Gasteiger partial charge in [-0.15, -0.1) is 0 Å². The van der Waals surface area contributed by atoms with E-state index in [0.29, 0.717) is 30.3 Å². The molecule has 0 radical (unpaired) electrons. The maximum Gasteiger partial charge on any atom is 0.260 e. The zero-order chi connectivity index (χ0) is 21.7. The lowest BCUT2D eigenvalue weighted by Crippen LogP contribution is -2.49. The predicted octanol–water partition coefficient (Wildman–Crippen LogP) is 3.34. The van der Waals surface area contributed by atoms with E-state index in [1.165, 1.54) is 6.92 Å². The molecule has 0 aliphatic carbocycles. The Kier molecular flexibility index (Phi) is 6.95. The summed E-state index contributed by atoms with van der Waals surface area (Å²) in [5.74, 6) is 0.951. The largest absolute Gasteiger partial charge is 0.497 e. The van der Waals surface area contributed by atoms with E-state index in [2.05, 4.69) is 5.32 Å². The van der Waals surface area contributed by atoms with Crippen molar-refractivity contribution < 1.29 is 23.8 Å². The molecule has 0 saturated carbocycles. The molecule has 0 aromatic heterocycles. The minimum Gasteiger partial charge on any atom is -0.497 e. The van der Waals surface area contributed by atoms with Gasteiger partial charge < -0.3 is 24.4 Å². The molecule has 1 heterocycles. The number of carbonyl (C=O) groups is 2. The van der Waals surface area contributed by atoms with Crippen LogP contribution in [0.25, 0.3) is 11.1 Å². The normalized spacial score (nSPS) is 18.6. The Morgan fingerprint density at radius 1 is 1.07 bits per heavy atom. The number of hydrogen-bond acceptors (Lipinski definition) is 5. The van der Waals surface area contributed by atoms with E-state index in [1.54, 1.807) is 18.1 Å². The van der Waals surface area contributed by atoms with E-state index in [1.807, 2.05) is 50.2 Å². The van der Waals surface area contributed by atoms with Crippen molar-refractivity contribution in [1.82, 2.24) is 4.90 Å². The molecule has 1 aliphatic rings. The fourth-order valence-electron chi connectivity index (χ4n) is 3.54. The molecule has 160 valence electrons. The highest BCUT2D eigenvalue weighted by Crippen LogP contribution is 2.31. The highest BCUT2D eigenvalue weighted by atomic mass is 16.5. The molecule has 7 heteroatoms. The Bertz CT molecular complexity index is 904. The number of nitrogens with zero attached hydrogens (tertiary/aromatic N) is 1. The van der Waals surface area contributed by atoms with E-state index in [0.717, 1.165) is 11.1 Å². The smallest absolute Gasteiger partial charge is 0.260 e. The number of carbonyl (C=O) groups excluding carboxylic acids is 2. The van der Waals surface area contributed by atoms with Crippen molar-refractivity contribution in [2.45, 2.75) is 33.0 Å². The maximum atomic E-state index is 12.6. The van der Waals surface area contributed by atoms with Gasteiger partial charge in [-0.3, -0.25) is 9.59 Å². The Balaban J connectivity index is 1.75. The molecule has 1 N–H and O–H groups in total. The van der Waals surface area contributed by atoms with Crippen LogP contribution in [0, 0.1) is 0 Å². The molecule has 1 fully saturated rings. The summed E-state index contributed by atoms with van der Waals surface area (Å²) in [4.78, 5) is 25.7. The number of benzene rings is 2. The van der Waals surface area contributed by atoms with Gasteiger partial charge in [-0.2, -0.15) is 0 Å². The van der Waals surface area contributed by atoms with Crippen LogP contribution in [0.15, 0.2) is 42.5 Å². The van der Waals surface area contributed by atoms with E-state index >= 15 is 0 Å². The SMILES string of the molecule is COc1cc(OCC(=O)N2C[C@@H](C)O[C@@H](C)C2)cc(-c2cccc(NC(C)=O)c2)c1. The summed E-state index contributed by atoms with van der Waals surface area (Å²) in [6, 6.07) is 13.0. The summed E-state index contributed by atoms with van der Waals surface area (Å²) >= 11 is 0. The maximum absolute atomic E-state index is 12.6. The van der Waals surface area contributed by atoms with Gasteiger partial charge in [0.2, 0.25) is 5.91 Å². The molecule has 2 amide bonds. The average molecular weight is 412 g/mol. The van der Waals surface area contributed by atoms with Crippen molar-refractivity contribution in [3.8, 4) is 22.6 Å². The standard InChI is InChI=1S/C23H28N2O5/c1-15-12-25(13-16(2)30-15)23(27)14-29-22-10-19(9-21(11-22)28-4)18-6-5-7-20(8-18)24-17(3)26/h5-11,15-16H,12-14H2,1-4H3,(H,24,26)/t15-,16+. The second-order valence-electron chi connectivity index (χ2n) is 7.50. The van der Waals surface area contributed by atoms with Crippen LogP contribution in [-0.4, -0.2) is 55.7 Å². The van der Waals surface area contributed by atoms with Gasteiger partial charge in [0, 0.05) is 31.8 Å². The van der Waals surface area contributed by atoms with E-state index in [9.17, 15) is 9.59 Å². The Labute approximate surface area is 176 Å². The van der Waals surface area contributed by atoms with Crippen LogP contribution in [0.3, 0.4) is 0 Å². The Hall–Kier alpha value is -3.06. The summed E-state index contributed by atoms with van der Waals surface area (Å²) in [6.07, 6.45) is 0.0222. The fourth-order valence-corrected chi connectivity index (χ4v) is 3.54. The van der Waals surface area contributed by atoms with E-state index in [4.69, 9.17) is 14.2 Å². The molecule has 7 nitrogen and oxygen atoms in total. The van der Waals surface area contributed by atoms with Gasteiger partial charge in [-0.25, -0.2) is 0 Å². The number of methoxy groups -OCH3 is 1. The Morgan fingerprint density at radius 3 is 2.43 bits per heavy atom. The molecule has 2 aromatic carbocycles. The number of morpholine rings is 1. The number of nitrogens with one attached hydrogen (secondary N) is 1.